The lowest BCUT2D eigenvalue weighted by molar-refractivity contribution is 0.133. The first-order valence-corrected chi connectivity index (χ1v) is 10.8. The molecule has 0 spiro atoms. The van der Waals surface area contributed by atoms with Crippen molar-refractivity contribution in [2.45, 2.75) is 51.4 Å². The molecule has 29 heavy (non-hydrogen) atoms. The molecule has 1 aliphatic carbocycles. The van der Waals surface area contributed by atoms with Gasteiger partial charge >= 0.3 is 0 Å². The van der Waals surface area contributed by atoms with Gasteiger partial charge in [-0.1, -0.05) is 43.2 Å². The van der Waals surface area contributed by atoms with Gasteiger partial charge in [0.25, 0.3) is 0 Å². The van der Waals surface area contributed by atoms with Gasteiger partial charge in [0, 0.05) is 40.5 Å². The lowest BCUT2D eigenvalue weighted by Crippen LogP contribution is -2.43. The first kappa shape index (κ1) is 26.2. The molecule has 1 saturated carbocycles. The molecular weight excluding hydrogens is 477 g/mol. The molecule has 2 rings (SSSR count). The monoisotopic (exact) mass is 517 g/mol. The molecule has 166 valence electrons. The fraction of sp³-hybridized carbons (Fsp3) is 0.696. The SMILES string of the molecule is CN=C(NCCCCOCCc1ccccc1)NCC1(CCOC)CCCC1.I. The van der Waals surface area contributed by atoms with Gasteiger partial charge in [-0.05, 0) is 49.5 Å². The molecule has 0 atom stereocenters. The van der Waals surface area contributed by atoms with Crippen molar-refractivity contribution in [1.82, 2.24) is 10.6 Å². The average molecular weight is 517 g/mol. The third-order valence-electron chi connectivity index (χ3n) is 5.74. The van der Waals surface area contributed by atoms with E-state index in [4.69, 9.17) is 9.47 Å². The van der Waals surface area contributed by atoms with Crippen LogP contribution in [0.1, 0.15) is 50.5 Å². The predicted octanol–water partition coefficient (Wildman–Crippen LogP) is 4.41. The Balaban J connectivity index is 0.00000420. The van der Waals surface area contributed by atoms with Crippen LogP contribution in [0.5, 0.6) is 0 Å². The predicted molar refractivity (Wildman–Crippen MR) is 132 cm³/mol. The van der Waals surface area contributed by atoms with E-state index in [0.717, 1.165) is 64.6 Å². The van der Waals surface area contributed by atoms with E-state index in [0.29, 0.717) is 5.41 Å². The fourth-order valence-corrected chi connectivity index (χ4v) is 3.92. The van der Waals surface area contributed by atoms with E-state index >= 15 is 0 Å². The topological polar surface area (TPSA) is 54.9 Å². The highest BCUT2D eigenvalue weighted by Crippen LogP contribution is 2.40. The van der Waals surface area contributed by atoms with Crippen LogP contribution in [0.3, 0.4) is 0 Å². The van der Waals surface area contributed by atoms with Crippen LogP contribution in [0, 0.1) is 5.41 Å². The Bertz CT molecular complexity index is 548. The largest absolute Gasteiger partial charge is 0.385 e. The Labute approximate surface area is 194 Å². The molecule has 1 aromatic rings. The lowest BCUT2D eigenvalue weighted by Gasteiger charge is -2.30. The lowest BCUT2D eigenvalue weighted by atomic mass is 9.83. The molecule has 0 amide bonds. The molecular formula is C23H40IN3O2. The Morgan fingerprint density at radius 2 is 1.79 bits per heavy atom. The zero-order chi connectivity index (χ0) is 19.9. The molecule has 1 fully saturated rings. The molecule has 0 unspecified atom stereocenters. The van der Waals surface area contributed by atoms with Gasteiger partial charge in [-0.15, -0.1) is 24.0 Å². The number of nitrogens with zero attached hydrogens (tertiary/aromatic N) is 1. The number of benzene rings is 1. The number of hydrogen-bond donors (Lipinski definition) is 2. The Kier molecular flexibility index (Phi) is 14.4. The number of nitrogens with one attached hydrogen (secondary N) is 2. The number of guanidine groups is 1. The van der Waals surface area contributed by atoms with Crippen LogP contribution in [0.2, 0.25) is 0 Å². The van der Waals surface area contributed by atoms with Gasteiger partial charge in [-0.25, -0.2) is 0 Å². The number of halogens is 1. The Morgan fingerprint density at radius 3 is 2.48 bits per heavy atom. The van der Waals surface area contributed by atoms with Crippen LogP contribution in [0.25, 0.3) is 0 Å². The minimum Gasteiger partial charge on any atom is -0.385 e. The number of rotatable bonds is 13. The van der Waals surface area contributed by atoms with E-state index in [-0.39, 0.29) is 24.0 Å². The van der Waals surface area contributed by atoms with Crippen molar-refractivity contribution < 1.29 is 9.47 Å². The summed E-state index contributed by atoms with van der Waals surface area (Å²) < 4.78 is 11.1. The summed E-state index contributed by atoms with van der Waals surface area (Å²) in [6.45, 7) is 4.37. The first-order valence-electron chi connectivity index (χ1n) is 10.8. The van der Waals surface area contributed by atoms with Gasteiger partial charge in [-0.2, -0.15) is 0 Å². The summed E-state index contributed by atoms with van der Waals surface area (Å²) in [5.74, 6) is 0.911. The average Bonchev–Trinajstić information content (AvgIpc) is 3.20. The summed E-state index contributed by atoms with van der Waals surface area (Å²) in [7, 11) is 3.64. The summed E-state index contributed by atoms with van der Waals surface area (Å²) in [6.07, 6.45) is 9.52. The number of methoxy groups -OCH3 is 1. The summed E-state index contributed by atoms with van der Waals surface area (Å²) in [4.78, 5) is 4.37. The van der Waals surface area contributed by atoms with E-state index in [2.05, 4.69) is 39.9 Å². The smallest absolute Gasteiger partial charge is 0.190 e. The summed E-state index contributed by atoms with van der Waals surface area (Å²) in [6, 6.07) is 10.5. The molecule has 1 aliphatic rings. The minimum absolute atomic E-state index is 0. The molecule has 0 heterocycles. The van der Waals surface area contributed by atoms with Crippen molar-refractivity contribution in [3.8, 4) is 0 Å². The third kappa shape index (κ3) is 10.6. The molecule has 0 bridgehead atoms. The number of unbranched alkanes of at least 4 members (excludes halogenated alkanes) is 1. The highest BCUT2D eigenvalue weighted by atomic mass is 127. The molecule has 1 aromatic carbocycles. The third-order valence-corrected chi connectivity index (χ3v) is 5.74. The number of aliphatic imine (C=N–C) groups is 1. The van der Waals surface area contributed by atoms with Crippen LogP contribution in [0.4, 0.5) is 0 Å². The molecule has 0 radical (unpaired) electrons. The second-order valence-corrected chi connectivity index (χ2v) is 7.86. The van der Waals surface area contributed by atoms with Gasteiger partial charge in [-0.3, -0.25) is 4.99 Å². The van der Waals surface area contributed by atoms with Gasteiger partial charge in [0.05, 0.1) is 6.61 Å². The zero-order valence-electron chi connectivity index (χ0n) is 18.3. The van der Waals surface area contributed by atoms with Gasteiger partial charge in [0.1, 0.15) is 0 Å². The maximum absolute atomic E-state index is 5.75. The van der Waals surface area contributed by atoms with Crippen LogP contribution in [-0.4, -0.2) is 53.0 Å². The van der Waals surface area contributed by atoms with Crippen molar-refractivity contribution in [2.75, 3.05) is 47.1 Å². The Morgan fingerprint density at radius 1 is 1.03 bits per heavy atom. The second-order valence-electron chi connectivity index (χ2n) is 7.86. The number of ether oxygens (including phenoxy) is 2. The summed E-state index contributed by atoms with van der Waals surface area (Å²) in [5, 5.41) is 6.98. The maximum atomic E-state index is 5.75. The Hall–Kier alpha value is -0.860. The molecule has 5 nitrogen and oxygen atoms in total. The van der Waals surface area contributed by atoms with Crippen LogP contribution < -0.4 is 10.6 Å². The normalized spacial score (nSPS) is 15.7. The van der Waals surface area contributed by atoms with Gasteiger partial charge in [0.2, 0.25) is 0 Å². The van der Waals surface area contributed by atoms with Crippen LogP contribution >= 0.6 is 24.0 Å². The second kappa shape index (κ2) is 15.9. The van der Waals surface area contributed by atoms with Gasteiger partial charge in [0.15, 0.2) is 5.96 Å². The van der Waals surface area contributed by atoms with Crippen molar-refractivity contribution in [1.29, 1.82) is 0 Å². The zero-order valence-corrected chi connectivity index (χ0v) is 20.6. The van der Waals surface area contributed by atoms with Crippen molar-refractivity contribution in [3.63, 3.8) is 0 Å². The van der Waals surface area contributed by atoms with E-state index < -0.39 is 0 Å². The quantitative estimate of drug-likeness (QED) is 0.176. The molecule has 0 saturated heterocycles. The van der Waals surface area contributed by atoms with Crippen LogP contribution in [0.15, 0.2) is 35.3 Å². The van der Waals surface area contributed by atoms with Crippen LogP contribution in [-0.2, 0) is 15.9 Å². The van der Waals surface area contributed by atoms with Crippen molar-refractivity contribution in [2.24, 2.45) is 10.4 Å². The maximum Gasteiger partial charge on any atom is 0.190 e. The van der Waals surface area contributed by atoms with E-state index in [9.17, 15) is 0 Å². The summed E-state index contributed by atoms with van der Waals surface area (Å²) in [5.41, 5.74) is 1.71. The molecule has 0 aliphatic heterocycles. The number of hydrogen-bond acceptors (Lipinski definition) is 3. The van der Waals surface area contributed by atoms with E-state index in [1.165, 1.54) is 31.2 Å². The first-order chi connectivity index (χ1) is 13.8. The minimum atomic E-state index is 0. The van der Waals surface area contributed by atoms with Crippen molar-refractivity contribution in [3.05, 3.63) is 35.9 Å². The molecule has 6 heteroatoms. The van der Waals surface area contributed by atoms with Gasteiger partial charge < -0.3 is 20.1 Å². The van der Waals surface area contributed by atoms with Crippen molar-refractivity contribution >= 4 is 29.9 Å². The summed E-state index contributed by atoms with van der Waals surface area (Å²) >= 11 is 0. The van der Waals surface area contributed by atoms with E-state index in [1.54, 1.807) is 7.11 Å². The molecule has 0 aromatic heterocycles. The standard InChI is InChI=1S/C23H39N3O2.HI/c1-24-22(26-20-23(15-19-27-2)13-6-7-14-23)25-16-8-9-17-28-18-12-21-10-4-3-5-11-21;/h3-5,10-11H,6-9,12-20H2,1-2H3,(H2,24,25,26);1H. The molecule has 2 N–H and O–H groups in total. The van der Waals surface area contributed by atoms with E-state index in [1.807, 2.05) is 13.1 Å². The highest BCUT2D eigenvalue weighted by Gasteiger charge is 2.33. The fourth-order valence-electron chi connectivity index (χ4n) is 3.92. The highest BCUT2D eigenvalue weighted by molar-refractivity contribution is 14.0.